The van der Waals surface area contributed by atoms with E-state index in [-0.39, 0.29) is 24.1 Å². The SMILES string of the molecule is COc1ccccc1NC(=O)C[C@@H]1SC(=NN=C(C)c2ccc(F)cc2)NC1=O. The normalized spacial score (nSPS) is 17.9. The molecule has 2 aromatic carbocycles. The van der Waals surface area contributed by atoms with Crippen molar-refractivity contribution in [1.29, 1.82) is 0 Å². The van der Waals surface area contributed by atoms with E-state index in [4.69, 9.17) is 4.74 Å². The van der Waals surface area contributed by atoms with Crippen molar-refractivity contribution in [3.63, 3.8) is 0 Å². The van der Waals surface area contributed by atoms with Crippen molar-refractivity contribution in [3.8, 4) is 5.75 Å². The van der Waals surface area contributed by atoms with Gasteiger partial charge in [0, 0.05) is 6.42 Å². The molecule has 29 heavy (non-hydrogen) atoms. The molecule has 2 amide bonds. The van der Waals surface area contributed by atoms with Crippen molar-refractivity contribution in [2.24, 2.45) is 10.2 Å². The zero-order valence-corrected chi connectivity index (χ0v) is 16.6. The summed E-state index contributed by atoms with van der Waals surface area (Å²) in [4.78, 5) is 24.4. The summed E-state index contributed by atoms with van der Waals surface area (Å²) in [5, 5.41) is 13.2. The molecular formula is C20H19FN4O3S. The molecule has 0 unspecified atom stereocenters. The van der Waals surface area contributed by atoms with Crippen LogP contribution in [0.1, 0.15) is 18.9 Å². The molecule has 1 heterocycles. The lowest BCUT2D eigenvalue weighted by Crippen LogP contribution is -2.28. The zero-order chi connectivity index (χ0) is 20.8. The third-order valence-corrected chi connectivity index (χ3v) is 5.15. The second-order valence-electron chi connectivity index (χ2n) is 6.15. The molecule has 0 aromatic heterocycles. The van der Waals surface area contributed by atoms with Gasteiger partial charge in [0.15, 0.2) is 5.17 Å². The van der Waals surface area contributed by atoms with Crippen molar-refractivity contribution in [2.75, 3.05) is 12.4 Å². The Kier molecular flexibility index (Phi) is 6.61. The molecule has 1 saturated heterocycles. The third kappa shape index (κ3) is 5.41. The highest BCUT2D eigenvalue weighted by molar-refractivity contribution is 8.15. The first kappa shape index (κ1) is 20.5. The largest absolute Gasteiger partial charge is 0.495 e. The number of ether oxygens (including phenoxy) is 1. The van der Waals surface area contributed by atoms with Crippen molar-refractivity contribution < 1.29 is 18.7 Å². The second-order valence-corrected chi connectivity index (χ2v) is 7.34. The molecule has 0 bridgehead atoms. The number of carbonyl (C=O) groups excluding carboxylic acids is 2. The Morgan fingerprint density at radius 1 is 1.24 bits per heavy atom. The number of rotatable bonds is 6. The molecule has 2 N–H and O–H groups in total. The van der Waals surface area contributed by atoms with E-state index in [1.165, 1.54) is 19.2 Å². The van der Waals surface area contributed by atoms with Crippen LogP contribution in [0.4, 0.5) is 10.1 Å². The van der Waals surface area contributed by atoms with Crippen LogP contribution in [-0.4, -0.2) is 35.1 Å². The van der Waals surface area contributed by atoms with Crippen molar-refractivity contribution >= 4 is 40.1 Å². The molecule has 0 radical (unpaired) electrons. The fourth-order valence-electron chi connectivity index (χ4n) is 2.57. The molecule has 1 aliphatic heterocycles. The van der Waals surface area contributed by atoms with Crippen LogP contribution in [0.2, 0.25) is 0 Å². The van der Waals surface area contributed by atoms with E-state index in [9.17, 15) is 14.0 Å². The number of hydrogen-bond donors (Lipinski definition) is 2. The predicted molar refractivity (Wildman–Crippen MR) is 112 cm³/mol. The van der Waals surface area contributed by atoms with Crippen molar-refractivity contribution in [2.45, 2.75) is 18.6 Å². The van der Waals surface area contributed by atoms with Crippen LogP contribution in [0.25, 0.3) is 0 Å². The summed E-state index contributed by atoms with van der Waals surface area (Å²) in [6.45, 7) is 1.73. The quantitative estimate of drug-likeness (QED) is 0.561. The van der Waals surface area contributed by atoms with Crippen LogP contribution in [0.3, 0.4) is 0 Å². The fraction of sp³-hybridized carbons (Fsp3) is 0.200. The molecule has 1 atom stereocenters. The Balaban J connectivity index is 1.61. The topological polar surface area (TPSA) is 92.2 Å². The summed E-state index contributed by atoms with van der Waals surface area (Å²) >= 11 is 1.14. The first-order valence-corrected chi connectivity index (χ1v) is 9.63. The van der Waals surface area contributed by atoms with Gasteiger partial charge in [-0.1, -0.05) is 36.0 Å². The van der Waals surface area contributed by atoms with Crippen molar-refractivity contribution in [3.05, 3.63) is 59.9 Å². The Morgan fingerprint density at radius 3 is 2.69 bits per heavy atom. The first-order chi connectivity index (χ1) is 14.0. The van der Waals surface area contributed by atoms with Crippen LogP contribution < -0.4 is 15.4 Å². The monoisotopic (exact) mass is 414 g/mol. The van der Waals surface area contributed by atoms with E-state index in [0.29, 0.717) is 22.3 Å². The number of nitrogens with zero attached hydrogens (tertiary/aromatic N) is 2. The van der Waals surface area contributed by atoms with Gasteiger partial charge in [-0.25, -0.2) is 4.39 Å². The molecule has 150 valence electrons. The number of halogens is 1. The fourth-order valence-corrected chi connectivity index (χ4v) is 3.49. The van der Waals surface area contributed by atoms with Gasteiger partial charge in [-0.3, -0.25) is 9.59 Å². The molecule has 0 aliphatic carbocycles. The summed E-state index contributed by atoms with van der Waals surface area (Å²) in [5.41, 5.74) is 1.83. The summed E-state index contributed by atoms with van der Waals surface area (Å²) in [6, 6.07) is 12.9. The van der Waals surface area contributed by atoms with Crippen molar-refractivity contribution in [1.82, 2.24) is 5.32 Å². The highest BCUT2D eigenvalue weighted by atomic mass is 32.2. The van der Waals surface area contributed by atoms with Crippen LogP contribution in [-0.2, 0) is 9.59 Å². The Labute approximate surface area is 171 Å². The molecule has 1 aliphatic rings. The number of hydrogen-bond acceptors (Lipinski definition) is 6. The average molecular weight is 414 g/mol. The molecule has 0 saturated carbocycles. The van der Waals surface area contributed by atoms with Gasteiger partial charge in [0.05, 0.1) is 18.5 Å². The van der Waals surface area contributed by atoms with Gasteiger partial charge < -0.3 is 15.4 Å². The number of para-hydroxylation sites is 2. The van der Waals surface area contributed by atoms with E-state index in [0.717, 1.165) is 17.3 Å². The Morgan fingerprint density at radius 2 is 1.97 bits per heavy atom. The minimum atomic E-state index is -0.607. The van der Waals surface area contributed by atoms with E-state index < -0.39 is 5.25 Å². The van der Waals surface area contributed by atoms with E-state index in [1.54, 1.807) is 43.3 Å². The maximum atomic E-state index is 13.0. The zero-order valence-electron chi connectivity index (χ0n) is 15.8. The van der Waals surface area contributed by atoms with Gasteiger partial charge >= 0.3 is 0 Å². The number of anilines is 1. The van der Waals surface area contributed by atoms with Crippen LogP contribution in [0.5, 0.6) is 5.75 Å². The lowest BCUT2D eigenvalue weighted by molar-refractivity contribution is -0.122. The summed E-state index contributed by atoms with van der Waals surface area (Å²) < 4.78 is 18.2. The number of thioether (sulfide) groups is 1. The van der Waals surface area contributed by atoms with Crippen LogP contribution >= 0.6 is 11.8 Å². The van der Waals surface area contributed by atoms with Crippen LogP contribution in [0, 0.1) is 5.82 Å². The lowest BCUT2D eigenvalue weighted by Gasteiger charge is -2.10. The third-order valence-electron chi connectivity index (χ3n) is 4.08. The highest BCUT2D eigenvalue weighted by Crippen LogP contribution is 2.26. The van der Waals surface area contributed by atoms with E-state index >= 15 is 0 Å². The molecule has 3 rings (SSSR count). The van der Waals surface area contributed by atoms with Gasteiger partial charge in [0.25, 0.3) is 0 Å². The number of amidine groups is 1. The maximum absolute atomic E-state index is 13.0. The second kappa shape index (κ2) is 9.33. The van der Waals surface area contributed by atoms with Gasteiger partial charge in [-0.15, -0.1) is 5.10 Å². The molecule has 2 aromatic rings. The molecule has 9 heteroatoms. The number of benzene rings is 2. The van der Waals surface area contributed by atoms with Gasteiger partial charge in [-0.2, -0.15) is 5.10 Å². The number of methoxy groups -OCH3 is 1. The summed E-state index contributed by atoms with van der Waals surface area (Å²) in [7, 11) is 1.52. The first-order valence-electron chi connectivity index (χ1n) is 8.75. The number of amides is 2. The van der Waals surface area contributed by atoms with Gasteiger partial charge in [-0.05, 0) is 36.8 Å². The van der Waals surface area contributed by atoms with E-state index in [1.807, 2.05) is 0 Å². The smallest absolute Gasteiger partial charge is 0.240 e. The highest BCUT2D eigenvalue weighted by Gasteiger charge is 2.32. The summed E-state index contributed by atoms with van der Waals surface area (Å²) in [5.74, 6) is -0.411. The molecule has 0 spiro atoms. The lowest BCUT2D eigenvalue weighted by atomic mass is 10.1. The van der Waals surface area contributed by atoms with E-state index in [2.05, 4.69) is 20.8 Å². The van der Waals surface area contributed by atoms with Gasteiger partial charge in [0.2, 0.25) is 11.8 Å². The maximum Gasteiger partial charge on any atom is 0.240 e. The molecular weight excluding hydrogens is 395 g/mol. The molecule has 1 fully saturated rings. The minimum Gasteiger partial charge on any atom is -0.495 e. The van der Waals surface area contributed by atoms with Crippen LogP contribution in [0.15, 0.2) is 58.7 Å². The Hall–Kier alpha value is -3.20. The summed E-state index contributed by atoms with van der Waals surface area (Å²) in [6.07, 6.45) is -0.0196. The predicted octanol–water partition coefficient (Wildman–Crippen LogP) is 3.17. The Bertz CT molecular complexity index is 976. The number of nitrogens with one attached hydrogen (secondary N) is 2. The van der Waals surface area contributed by atoms with Gasteiger partial charge in [0.1, 0.15) is 16.8 Å². The minimum absolute atomic E-state index is 0.0196. The number of carbonyl (C=O) groups is 2. The molecule has 7 nitrogen and oxygen atoms in total. The standard InChI is InChI=1S/C20H19FN4O3S/c1-12(13-7-9-14(21)10-8-13)24-25-20-23-19(27)17(29-20)11-18(26)22-15-5-3-4-6-16(15)28-2/h3-10,17H,11H2,1-2H3,(H,22,26)(H,23,25,27)/t17-/m0/s1. The average Bonchev–Trinajstić information content (AvgIpc) is 3.06.